The Bertz CT molecular complexity index is 1900. The highest BCUT2D eigenvalue weighted by molar-refractivity contribution is 7.47. The maximum atomic E-state index is 13.0. The molecule has 3 N–H and O–H groups in total. The maximum Gasteiger partial charge on any atom is 0.472 e. The van der Waals surface area contributed by atoms with Crippen LogP contribution in [0.2, 0.25) is 0 Å². The number of hydrogen-bond acceptors (Lipinski definition) is 15. The number of carbonyl (C=O) groups excluding carboxylic acids is 4. The van der Waals surface area contributed by atoms with E-state index >= 15 is 0 Å². The average molecular weight is 1350 g/mol. The van der Waals surface area contributed by atoms with Gasteiger partial charge in [0.05, 0.1) is 26.4 Å². The molecule has 0 rings (SSSR count). The number of hydrogen-bond donors (Lipinski definition) is 3. The Morgan fingerprint density at radius 1 is 0.359 bits per heavy atom. The zero-order chi connectivity index (χ0) is 68.0. The number of aliphatic hydroxyl groups is 1. The molecule has 0 radical (unpaired) electrons. The molecular formula is C73H138O17P2. The Morgan fingerprint density at radius 2 is 0.641 bits per heavy atom. The maximum absolute atomic E-state index is 13.0. The van der Waals surface area contributed by atoms with E-state index in [4.69, 9.17) is 37.0 Å². The lowest BCUT2D eigenvalue weighted by molar-refractivity contribution is -0.161. The van der Waals surface area contributed by atoms with E-state index in [2.05, 4.69) is 72.8 Å². The van der Waals surface area contributed by atoms with Gasteiger partial charge in [0.25, 0.3) is 0 Å². The standard InChI is InChI=1S/C73H138O17P2/c1-8-10-11-12-13-14-15-16-17-18-22-27-33-42-49-56-73(78)90-69(61-84-71(76)55-48-41-36-35-39-46-53-66(7)9-2)63-88-92(81,82)86-59-67(74)58-85-91(79,80)87-62-68(60-83-70(75)54-47-40-32-29-24-26-31-38-45-52-65(5)6)89-72(77)57-50-43-34-28-23-20-19-21-25-30-37-44-51-64(3)4/h14-17,64-69,74H,8-13,18-63H2,1-7H3,(H,79,80)(H,81,82)/b15-14-,17-16-/t66?,67-,68-,69-/m1/s1. The Balaban J connectivity index is 5.30. The third kappa shape index (κ3) is 64.9. The van der Waals surface area contributed by atoms with E-state index in [0.717, 1.165) is 127 Å². The van der Waals surface area contributed by atoms with Crippen LogP contribution in [0.25, 0.3) is 0 Å². The van der Waals surface area contributed by atoms with Crippen molar-refractivity contribution in [3.8, 4) is 0 Å². The average Bonchev–Trinajstić information content (AvgIpc) is 1.44. The van der Waals surface area contributed by atoms with Gasteiger partial charge in [-0.15, -0.1) is 0 Å². The molecule has 0 aromatic heterocycles. The first-order chi connectivity index (χ1) is 44.3. The molecule has 19 heteroatoms. The Kier molecular flexibility index (Phi) is 61.6. The zero-order valence-electron chi connectivity index (χ0n) is 59.5. The van der Waals surface area contributed by atoms with E-state index < -0.39 is 97.5 Å². The molecule has 0 amide bonds. The smallest absolute Gasteiger partial charge is 0.462 e. The summed E-state index contributed by atoms with van der Waals surface area (Å²) in [6.07, 6.45) is 50.8. The molecule has 0 saturated carbocycles. The molecule has 0 aromatic carbocycles. The van der Waals surface area contributed by atoms with Crippen LogP contribution < -0.4 is 0 Å². The number of rotatable bonds is 69. The van der Waals surface area contributed by atoms with Crippen molar-refractivity contribution in [2.45, 2.75) is 362 Å². The van der Waals surface area contributed by atoms with Crippen molar-refractivity contribution < 1.29 is 80.2 Å². The summed E-state index contributed by atoms with van der Waals surface area (Å²) in [5, 5.41) is 10.6. The molecule has 0 saturated heterocycles. The van der Waals surface area contributed by atoms with Gasteiger partial charge in [0.15, 0.2) is 12.2 Å². The Hall–Kier alpha value is -2.46. The summed E-state index contributed by atoms with van der Waals surface area (Å²) in [6, 6.07) is 0. The molecule has 6 atom stereocenters. The minimum absolute atomic E-state index is 0.0837. The van der Waals surface area contributed by atoms with Gasteiger partial charge in [-0.2, -0.15) is 0 Å². The van der Waals surface area contributed by atoms with Gasteiger partial charge in [0, 0.05) is 25.7 Å². The molecule has 0 bridgehead atoms. The number of unbranched alkanes of at least 4 members (excludes halogenated alkanes) is 33. The van der Waals surface area contributed by atoms with Crippen LogP contribution in [0.1, 0.15) is 344 Å². The van der Waals surface area contributed by atoms with E-state index in [1.807, 2.05) is 0 Å². The number of allylic oxidation sites excluding steroid dienone is 4. The fraction of sp³-hybridized carbons (Fsp3) is 0.890. The number of phosphoric ester groups is 2. The number of phosphoric acid groups is 2. The number of aliphatic hydroxyl groups excluding tert-OH is 1. The molecule has 3 unspecified atom stereocenters. The van der Waals surface area contributed by atoms with Gasteiger partial charge in [-0.1, -0.05) is 291 Å². The summed E-state index contributed by atoms with van der Waals surface area (Å²) < 4.78 is 68.4. The molecule has 0 heterocycles. The molecule has 92 heavy (non-hydrogen) atoms. The molecule has 0 fully saturated rings. The van der Waals surface area contributed by atoms with Gasteiger partial charge in [-0.25, -0.2) is 9.13 Å². The van der Waals surface area contributed by atoms with Gasteiger partial charge in [-0.3, -0.25) is 37.3 Å². The van der Waals surface area contributed by atoms with Crippen LogP contribution in [0.15, 0.2) is 24.3 Å². The van der Waals surface area contributed by atoms with Crippen LogP contribution >= 0.6 is 15.6 Å². The van der Waals surface area contributed by atoms with Crippen LogP contribution in [0.3, 0.4) is 0 Å². The molecular weight excluding hydrogens is 1210 g/mol. The molecule has 0 aliphatic carbocycles. The summed E-state index contributed by atoms with van der Waals surface area (Å²) in [5.74, 6) is 0.0908. The van der Waals surface area contributed by atoms with Gasteiger partial charge in [0.2, 0.25) is 0 Å². The fourth-order valence-electron chi connectivity index (χ4n) is 10.5. The molecule has 17 nitrogen and oxygen atoms in total. The third-order valence-corrected chi connectivity index (χ3v) is 18.5. The predicted octanol–water partition coefficient (Wildman–Crippen LogP) is 20.6. The minimum Gasteiger partial charge on any atom is -0.462 e. The van der Waals surface area contributed by atoms with Crippen molar-refractivity contribution in [3.63, 3.8) is 0 Å². The Labute approximate surface area is 561 Å². The second-order valence-corrected chi connectivity index (χ2v) is 29.7. The summed E-state index contributed by atoms with van der Waals surface area (Å²) >= 11 is 0. The summed E-state index contributed by atoms with van der Waals surface area (Å²) in [5.41, 5.74) is 0. The highest BCUT2D eigenvalue weighted by Crippen LogP contribution is 2.45. The van der Waals surface area contributed by atoms with E-state index in [1.165, 1.54) is 135 Å². The number of carbonyl (C=O) groups is 4. The molecule has 0 aliphatic rings. The normalized spacial score (nSPS) is 14.6. The van der Waals surface area contributed by atoms with Crippen molar-refractivity contribution in [3.05, 3.63) is 24.3 Å². The van der Waals surface area contributed by atoms with Crippen LogP contribution in [0, 0.1) is 17.8 Å². The molecule has 0 aliphatic heterocycles. The first-order valence-electron chi connectivity index (χ1n) is 37.2. The SMILES string of the molecule is CCCCCC/C=C\C=C/CCCCCCCC(=O)O[C@H](COC(=O)CCCCCCCCC(C)CC)COP(=O)(O)OC[C@H](O)COP(=O)(O)OC[C@@H](COC(=O)CCCCCCCCCCCC(C)C)OC(=O)CCCCCCCCCCCCCCC(C)C. The second-order valence-electron chi connectivity index (χ2n) is 26.8. The summed E-state index contributed by atoms with van der Waals surface area (Å²) in [7, 11) is -9.92. The van der Waals surface area contributed by atoms with E-state index in [1.54, 1.807) is 0 Å². The first-order valence-corrected chi connectivity index (χ1v) is 40.2. The van der Waals surface area contributed by atoms with Crippen LogP contribution in [-0.4, -0.2) is 96.7 Å². The van der Waals surface area contributed by atoms with E-state index in [0.29, 0.717) is 25.7 Å². The lowest BCUT2D eigenvalue weighted by Gasteiger charge is -2.21. The summed E-state index contributed by atoms with van der Waals surface area (Å²) in [4.78, 5) is 72.6. The van der Waals surface area contributed by atoms with Crippen LogP contribution in [0.5, 0.6) is 0 Å². The highest BCUT2D eigenvalue weighted by atomic mass is 31.2. The van der Waals surface area contributed by atoms with E-state index in [9.17, 15) is 43.2 Å². The second kappa shape index (κ2) is 63.3. The van der Waals surface area contributed by atoms with Crippen molar-refractivity contribution in [2.24, 2.45) is 17.8 Å². The highest BCUT2D eigenvalue weighted by Gasteiger charge is 2.30. The molecule has 542 valence electrons. The summed E-state index contributed by atoms with van der Waals surface area (Å²) in [6.45, 7) is 11.8. The Morgan fingerprint density at radius 3 is 0.967 bits per heavy atom. The monoisotopic (exact) mass is 1350 g/mol. The van der Waals surface area contributed by atoms with Crippen LogP contribution in [0.4, 0.5) is 0 Å². The largest absolute Gasteiger partial charge is 0.472 e. The molecule has 0 aromatic rings. The fourth-order valence-corrected chi connectivity index (χ4v) is 12.1. The predicted molar refractivity (Wildman–Crippen MR) is 372 cm³/mol. The number of esters is 4. The number of ether oxygens (including phenoxy) is 4. The first kappa shape index (κ1) is 89.5. The van der Waals surface area contributed by atoms with Gasteiger partial charge >= 0.3 is 39.5 Å². The van der Waals surface area contributed by atoms with Gasteiger partial charge in [-0.05, 0) is 69.1 Å². The van der Waals surface area contributed by atoms with Crippen LogP contribution in [-0.2, 0) is 65.4 Å². The van der Waals surface area contributed by atoms with Gasteiger partial charge in [0.1, 0.15) is 19.3 Å². The van der Waals surface area contributed by atoms with Crippen molar-refractivity contribution in [2.75, 3.05) is 39.6 Å². The lowest BCUT2D eigenvalue weighted by atomic mass is 10.00. The quantitative estimate of drug-likeness (QED) is 0.0169. The van der Waals surface area contributed by atoms with E-state index in [-0.39, 0.29) is 25.7 Å². The lowest BCUT2D eigenvalue weighted by Crippen LogP contribution is -2.30. The topological polar surface area (TPSA) is 237 Å². The molecule has 0 spiro atoms. The van der Waals surface area contributed by atoms with Crippen molar-refractivity contribution in [1.29, 1.82) is 0 Å². The van der Waals surface area contributed by atoms with Crippen molar-refractivity contribution >= 4 is 39.5 Å². The third-order valence-electron chi connectivity index (χ3n) is 16.6. The van der Waals surface area contributed by atoms with Gasteiger partial charge < -0.3 is 33.8 Å². The minimum atomic E-state index is -4.96. The van der Waals surface area contributed by atoms with Crippen molar-refractivity contribution in [1.82, 2.24) is 0 Å². The zero-order valence-corrected chi connectivity index (χ0v) is 61.3.